The molecule has 2 heterocycles. The average molecular weight is 630 g/mol. The molecule has 0 spiro atoms. The average Bonchev–Trinajstić information content (AvgIpc) is 3.38. The van der Waals surface area contributed by atoms with Gasteiger partial charge in [0, 0.05) is 12.1 Å². The molecule has 2 aromatic heterocycles. The van der Waals surface area contributed by atoms with E-state index in [-0.39, 0.29) is 45.2 Å². The van der Waals surface area contributed by atoms with Crippen LogP contribution < -0.4 is 15.8 Å². The summed E-state index contributed by atoms with van der Waals surface area (Å²) in [5.41, 5.74) is 5.36. The zero-order valence-electron chi connectivity index (χ0n) is 22.7. The Labute approximate surface area is 247 Å². The summed E-state index contributed by atoms with van der Waals surface area (Å²) in [7, 11) is -3.99. The molecule has 228 valence electrons. The standard InChI is InChI=1S/C28H23F4N7O4S/c1-14-6-2-5-9-21(14)44(42,43)39-19-8-4-3-7-15(19)13-34-26-22-23(24(33)41)37-38-27(22)36-25(35-26)17-11-18(29)20(40)10-16(17)12-28(30,31)32/h2-11,39-40H,12-13H2,1H3,(H2,33,41)(H2,34,35,36,37,38). The van der Waals surface area contributed by atoms with Gasteiger partial charge in [-0.15, -0.1) is 0 Å². The molecule has 5 rings (SSSR count). The first-order valence-corrected chi connectivity index (χ1v) is 14.3. The number of nitrogens with two attached hydrogens (primary N) is 1. The monoisotopic (exact) mass is 629 g/mol. The van der Waals surface area contributed by atoms with Crippen LogP contribution >= 0.6 is 0 Å². The molecule has 16 heteroatoms. The minimum atomic E-state index is -4.72. The lowest BCUT2D eigenvalue weighted by molar-refractivity contribution is -0.127. The molecule has 3 aromatic carbocycles. The van der Waals surface area contributed by atoms with Crippen LogP contribution in [0.1, 0.15) is 27.2 Å². The third-order valence-corrected chi connectivity index (χ3v) is 8.08. The zero-order valence-corrected chi connectivity index (χ0v) is 23.5. The van der Waals surface area contributed by atoms with Gasteiger partial charge in [-0.25, -0.2) is 22.8 Å². The highest BCUT2D eigenvalue weighted by atomic mass is 32.2. The number of anilines is 2. The number of benzene rings is 3. The minimum Gasteiger partial charge on any atom is -0.505 e. The van der Waals surface area contributed by atoms with Crippen molar-refractivity contribution in [1.82, 2.24) is 20.2 Å². The van der Waals surface area contributed by atoms with Crippen molar-refractivity contribution >= 4 is 38.5 Å². The number of amides is 1. The first-order valence-electron chi connectivity index (χ1n) is 12.8. The van der Waals surface area contributed by atoms with E-state index < -0.39 is 51.5 Å². The molecule has 6 N–H and O–H groups in total. The number of aromatic amines is 1. The van der Waals surface area contributed by atoms with Gasteiger partial charge < -0.3 is 16.2 Å². The number of hydrogen-bond donors (Lipinski definition) is 5. The van der Waals surface area contributed by atoms with Crippen LogP contribution in [-0.4, -0.2) is 45.8 Å². The predicted octanol–water partition coefficient (Wildman–Crippen LogP) is 4.79. The number of alkyl halides is 3. The molecule has 0 aliphatic heterocycles. The van der Waals surface area contributed by atoms with Gasteiger partial charge in [0.1, 0.15) is 11.5 Å². The first-order chi connectivity index (χ1) is 20.7. The Morgan fingerprint density at radius 2 is 1.75 bits per heavy atom. The largest absolute Gasteiger partial charge is 0.505 e. The Morgan fingerprint density at radius 1 is 1.05 bits per heavy atom. The van der Waals surface area contributed by atoms with Gasteiger partial charge in [-0.3, -0.25) is 14.6 Å². The number of rotatable bonds is 9. The summed E-state index contributed by atoms with van der Waals surface area (Å²) >= 11 is 0. The number of primary amides is 1. The van der Waals surface area contributed by atoms with Crippen molar-refractivity contribution in [2.45, 2.75) is 31.0 Å². The summed E-state index contributed by atoms with van der Waals surface area (Å²) < 4.78 is 83.2. The Hall–Kier alpha value is -5.25. The summed E-state index contributed by atoms with van der Waals surface area (Å²) in [5, 5.41) is 19.0. The fraction of sp³-hybridized carbons (Fsp3) is 0.143. The van der Waals surface area contributed by atoms with Gasteiger partial charge in [-0.1, -0.05) is 36.4 Å². The summed E-state index contributed by atoms with van der Waals surface area (Å²) in [4.78, 5) is 20.6. The number of carbonyl (C=O) groups excluding carboxylic acids is 1. The SMILES string of the molecule is Cc1ccccc1S(=O)(=O)Nc1ccccc1CNc1nc(-c2cc(F)c(O)cc2CC(F)(F)F)nc2n[nH]c(C(N)=O)c12. The van der Waals surface area contributed by atoms with Crippen molar-refractivity contribution < 1.29 is 35.9 Å². The second kappa shape index (κ2) is 11.4. The molecule has 0 aliphatic carbocycles. The molecular weight excluding hydrogens is 606 g/mol. The van der Waals surface area contributed by atoms with E-state index in [1.54, 1.807) is 43.3 Å². The van der Waals surface area contributed by atoms with Gasteiger partial charge >= 0.3 is 6.18 Å². The van der Waals surface area contributed by atoms with Gasteiger partial charge in [0.05, 0.1) is 22.4 Å². The van der Waals surface area contributed by atoms with Gasteiger partial charge in [0.15, 0.2) is 23.0 Å². The molecule has 1 amide bonds. The summed E-state index contributed by atoms with van der Waals surface area (Å²) in [6, 6.07) is 14.1. The number of aromatic hydroxyl groups is 1. The number of sulfonamides is 1. The number of phenolic OH excluding ortho intramolecular Hbond substituents is 1. The third kappa shape index (κ3) is 6.24. The van der Waals surface area contributed by atoms with E-state index >= 15 is 0 Å². The molecule has 0 saturated carbocycles. The van der Waals surface area contributed by atoms with Crippen molar-refractivity contribution in [3.63, 3.8) is 0 Å². The fourth-order valence-electron chi connectivity index (χ4n) is 4.54. The number of aryl methyl sites for hydroxylation is 1. The topological polar surface area (TPSA) is 176 Å². The highest BCUT2D eigenvalue weighted by molar-refractivity contribution is 7.92. The molecule has 0 atom stereocenters. The van der Waals surface area contributed by atoms with Crippen LogP contribution in [-0.2, 0) is 23.0 Å². The van der Waals surface area contributed by atoms with E-state index in [1.807, 2.05) is 0 Å². The second-order valence-electron chi connectivity index (χ2n) is 9.69. The molecule has 44 heavy (non-hydrogen) atoms. The predicted molar refractivity (Wildman–Crippen MR) is 153 cm³/mol. The fourth-order valence-corrected chi connectivity index (χ4v) is 5.89. The number of hydrogen-bond acceptors (Lipinski definition) is 8. The van der Waals surface area contributed by atoms with Crippen LogP contribution in [0.15, 0.2) is 65.6 Å². The Morgan fingerprint density at radius 3 is 2.45 bits per heavy atom. The van der Waals surface area contributed by atoms with Crippen LogP contribution in [0.25, 0.3) is 22.4 Å². The van der Waals surface area contributed by atoms with E-state index in [0.29, 0.717) is 23.3 Å². The lowest BCUT2D eigenvalue weighted by atomic mass is 10.0. The summed E-state index contributed by atoms with van der Waals surface area (Å²) in [6.07, 6.45) is -6.24. The van der Waals surface area contributed by atoms with Crippen molar-refractivity contribution in [2.75, 3.05) is 10.0 Å². The molecule has 0 bridgehead atoms. The van der Waals surface area contributed by atoms with Crippen LogP contribution in [0.5, 0.6) is 5.75 Å². The molecule has 0 fully saturated rings. The number of fused-ring (bicyclic) bond motifs is 1. The van der Waals surface area contributed by atoms with E-state index in [1.165, 1.54) is 12.1 Å². The third-order valence-electron chi connectivity index (χ3n) is 6.56. The number of nitrogens with one attached hydrogen (secondary N) is 3. The van der Waals surface area contributed by atoms with Crippen molar-refractivity contribution in [1.29, 1.82) is 0 Å². The Kier molecular flexibility index (Phi) is 7.86. The van der Waals surface area contributed by atoms with Gasteiger partial charge in [0.2, 0.25) is 0 Å². The van der Waals surface area contributed by atoms with E-state index in [0.717, 1.165) is 0 Å². The second-order valence-corrected chi connectivity index (χ2v) is 11.3. The lowest BCUT2D eigenvalue weighted by Crippen LogP contribution is -2.16. The highest BCUT2D eigenvalue weighted by Crippen LogP contribution is 2.35. The van der Waals surface area contributed by atoms with E-state index in [2.05, 4.69) is 30.2 Å². The molecule has 0 radical (unpaired) electrons. The number of halogens is 4. The van der Waals surface area contributed by atoms with Crippen LogP contribution in [0, 0.1) is 12.7 Å². The van der Waals surface area contributed by atoms with E-state index in [9.17, 15) is 35.9 Å². The number of para-hydroxylation sites is 1. The van der Waals surface area contributed by atoms with Crippen LogP contribution in [0.3, 0.4) is 0 Å². The molecule has 11 nitrogen and oxygen atoms in total. The Balaban J connectivity index is 1.57. The maximum Gasteiger partial charge on any atom is 0.393 e. The number of carbonyl (C=O) groups is 1. The molecule has 0 aliphatic rings. The number of phenols is 1. The Bertz CT molecular complexity index is 2010. The molecule has 0 saturated heterocycles. The van der Waals surface area contributed by atoms with Crippen molar-refractivity contribution in [3.05, 3.63) is 88.9 Å². The van der Waals surface area contributed by atoms with Crippen LogP contribution in [0.2, 0.25) is 0 Å². The van der Waals surface area contributed by atoms with E-state index in [4.69, 9.17) is 5.73 Å². The number of nitrogens with zero attached hydrogens (tertiary/aromatic N) is 3. The molecule has 0 unspecified atom stereocenters. The van der Waals surface area contributed by atoms with Crippen LogP contribution in [0.4, 0.5) is 29.1 Å². The first kappa shape index (κ1) is 30.2. The molecule has 5 aromatic rings. The normalized spacial score (nSPS) is 11.9. The number of aromatic nitrogens is 4. The zero-order chi connectivity index (χ0) is 31.8. The smallest absolute Gasteiger partial charge is 0.393 e. The quantitative estimate of drug-likeness (QED) is 0.145. The van der Waals surface area contributed by atoms with Gasteiger partial charge in [-0.2, -0.15) is 18.3 Å². The van der Waals surface area contributed by atoms with Crippen molar-refractivity contribution in [2.24, 2.45) is 5.73 Å². The minimum absolute atomic E-state index is 0.00385. The summed E-state index contributed by atoms with van der Waals surface area (Å²) in [6.45, 7) is 1.54. The highest BCUT2D eigenvalue weighted by Gasteiger charge is 2.31. The molecular formula is C28H23F4N7O4S. The lowest BCUT2D eigenvalue weighted by Gasteiger charge is -2.16. The maximum absolute atomic E-state index is 14.4. The number of H-pyrrole nitrogens is 1. The van der Waals surface area contributed by atoms with Gasteiger partial charge in [0.25, 0.3) is 15.9 Å². The maximum atomic E-state index is 14.4. The summed E-state index contributed by atoms with van der Waals surface area (Å²) in [5.74, 6) is -3.65. The van der Waals surface area contributed by atoms with Crippen molar-refractivity contribution in [3.8, 4) is 17.1 Å². The van der Waals surface area contributed by atoms with Gasteiger partial charge in [-0.05, 0) is 47.9 Å².